The van der Waals surface area contributed by atoms with Gasteiger partial charge in [-0.3, -0.25) is 9.48 Å². The van der Waals surface area contributed by atoms with Gasteiger partial charge in [0.15, 0.2) is 12.4 Å². The van der Waals surface area contributed by atoms with E-state index >= 15 is 0 Å². The largest absolute Gasteiger partial charge is 0.497 e. The first-order valence-corrected chi connectivity index (χ1v) is 9.89. The highest BCUT2D eigenvalue weighted by Gasteiger charge is 2.18. The third-order valence-corrected chi connectivity index (χ3v) is 4.94. The summed E-state index contributed by atoms with van der Waals surface area (Å²) in [6, 6.07) is 9.25. The van der Waals surface area contributed by atoms with Crippen molar-refractivity contribution >= 4 is 17.5 Å². The Labute approximate surface area is 187 Å². The molecule has 13 nitrogen and oxygen atoms in total. The van der Waals surface area contributed by atoms with E-state index in [1.54, 1.807) is 19.4 Å². The lowest BCUT2D eigenvalue weighted by Crippen LogP contribution is -2.16. The topological polar surface area (TPSA) is 148 Å². The van der Waals surface area contributed by atoms with E-state index < -0.39 is 16.8 Å². The van der Waals surface area contributed by atoms with Gasteiger partial charge in [0.1, 0.15) is 5.75 Å². The molecular weight excluding hydrogens is 430 g/mol. The normalized spacial score (nSPS) is 10.9. The van der Waals surface area contributed by atoms with E-state index in [9.17, 15) is 14.9 Å². The van der Waals surface area contributed by atoms with E-state index in [4.69, 9.17) is 4.74 Å². The molecule has 0 atom stereocenters. The SMILES string of the molecule is COc1cccc(Cn2nc(C)c(NC(=O)c3ccn(Cn4cnc([N+](=O)[O-])n4)n3)c2C)c1. The number of benzene rings is 1. The number of hydrogen-bond acceptors (Lipinski definition) is 8. The summed E-state index contributed by atoms with van der Waals surface area (Å²) in [5.74, 6) is -0.138. The second-order valence-corrected chi connectivity index (χ2v) is 7.23. The Morgan fingerprint density at radius 3 is 2.73 bits per heavy atom. The fraction of sp³-hybridized carbons (Fsp3) is 0.250. The average Bonchev–Trinajstić information content (AvgIpc) is 3.51. The minimum atomic E-state index is -0.683. The molecule has 0 saturated heterocycles. The van der Waals surface area contributed by atoms with Gasteiger partial charge in [-0.15, -0.1) is 0 Å². The van der Waals surface area contributed by atoms with Gasteiger partial charge >= 0.3 is 5.95 Å². The van der Waals surface area contributed by atoms with E-state index in [1.165, 1.54) is 15.7 Å². The minimum absolute atomic E-state index is 0.0741. The maximum absolute atomic E-state index is 12.8. The molecule has 0 unspecified atom stereocenters. The van der Waals surface area contributed by atoms with Gasteiger partial charge in [-0.1, -0.05) is 17.1 Å². The van der Waals surface area contributed by atoms with Crippen LogP contribution in [-0.4, -0.2) is 52.3 Å². The summed E-state index contributed by atoms with van der Waals surface area (Å²) < 4.78 is 9.77. The van der Waals surface area contributed by atoms with Crippen molar-refractivity contribution in [3.05, 3.63) is 75.6 Å². The molecule has 0 radical (unpaired) electrons. The fourth-order valence-electron chi connectivity index (χ4n) is 3.30. The maximum Gasteiger partial charge on any atom is 0.491 e. The summed E-state index contributed by atoms with van der Waals surface area (Å²) in [5, 5.41) is 26.1. The van der Waals surface area contributed by atoms with Gasteiger partial charge in [0.05, 0.1) is 30.7 Å². The number of aryl methyl sites for hydroxylation is 1. The molecule has 0 bridgehead atoms. The number of rotatable bonds is 8. The van der Waals surface area contributed by atoms with Crippen LogP contribution in [-0.2, 0) is 13.2 Å². The Kier molecular flexibility index (Phi) is 5.85. The average molecular weight is 451 g/mol. The molecule has 0 fully saturated rings. The van der Waals surface area contributed by atoms with Gasteiger partial charge in [-0.25, -0.2) is 4.68 Å². The number of methoxy groups -OCH3 is 1. The fourth-order valence-corrected chi connectivity index (χ4v) is 3.30. The number of carbonyl (C=O) groups is 1. The van der Waals surface area contributed by atoms with Crippen molar-refractivity contribution in [3.8, 4) is 5.75 Å². The molecule has 4 aromatic rings. The third kappa shape index (κ3) is 4.71. The summed E-state index contributed by atoms with van der Waals surface area (Å²) in [4.78, 5) is 26.4. The van der Waals surface area contributed by atoms with E-state index in [-0.39, 0.29) is 12.4 Å². The Balaban J connectivity index is 1.45. The maximum atomic E-state index is 12.8. The molecule has 0 aliphatic heterocycles. The number of nitrogens with zero attached hydrogens (tertiary/aromatic N) is 8. The van der Waals surface area contributed by atoms with Crippen LogP contribution < -0.4 is 10.1 Å². The number of nitro groups is 1. The van der Waals surface area contributed by atoms with Crippen molar-refractivity contribution in [3.63, 3.8) is 0 Å². The number of anilines is 1. The number of nitrogens with one attached hydrogen (secondary N) is 1. The predicted molar refractivity (Wildman–Crippen MR) is 116 cm³/mol. The molecule has 13 heteroatoms. The van der Waals surface area contributed by atoms with Crippen LogP contribution in [0.3, 0.4) is 0 Å². The highest BCUT2D eigenvalue weighted by atomic mass is 16.6. The zero-order valence-corrected chi connectivity index (χ0v) is 18.2. The Morgan fingerprint density at radius 2 is 2.00 bits per heavy atom. The lowest BCUT2D eigenvalue weighted by atomic mass is 10.2. The van der Waals surface area contributed by atoms with E-state index in [1.807, 2.05) is 42.8 Å². The monoisotopic (exact) mass is 451 g/mol. The molecule has 1 amide bonds. The Hall–Kier alpha value is -4.55. The number of amides is 1. The lowest BCUT2D eigenvalue weighted by Gasteiger charge is -2.08. The van der Waals surface area contributed by atoms with Crippen molar-refractivity contribution in [2.45, 2.75) is 27.1 Å². The van der Waals surface area contributed by atoms with Crippen LogP contribution in [0.4, 0.5) is 11.6 Å². The van der Waals surface area contributed by atoms with Gasteiger partial charge in [0, 0.05) is 11.3 Å². The van der Waals surface area contributed by atoms with E-state index in [0.29, 0.717) is 17.9 Å². The lowest BCUT2D eigenvalue weighted by molar-refractivity contribution is -0.394. The second kappa shape index (κ2) is 8.90. The van der Waals surface area contributed by atoms with Crippen LogP contribution in [0, 0.1) is 24.0 Å². The van der Waals surface area contributed by atoms with Gasteiger partial charge in [0.25, 0.3) is 5.91 Å². The molecule has 33 heavy (non-hydrogen) atoms. The first-order valence-electron chi connectivity index (χ1n) is 9.89. The van der Waals surface area contributed by atoms with Crippen LogP contribution in [0.25, 0.3) is 0 Å². The Morgan fingerprint density at radius 1 is 1.18 bits per heavy atom. The molecule has 1 aromatic carbocycles. The standard InChI is InChI=1S/C20H21N9O4/c1-13-18(14(2)28(23-13)10-15-5-4-6-16(9-15)33-3)22-19(30)17-7-8-26(24-17)12-27-11-21-20(25-27)29(31)32/h4-9,11H,10,12H2,1-3H3,(H,22,30). The molecule has 0 aliphatic carbocycles. The minimum Gasteiger partial charge on any atom is -0.497 e. The first-order chi connectivity index (χ1) is 15.8. The molecule has 1 N–H and O–H groups in total. The van der Waals surface area contributed by atoms with Gasteiger partial charge < -0.3 is 20.2 Å². The van der Waals surface area contributed by atoms with Crippen molar-refractivity contribution in [2.24, 2.45) is 0 Å². The van der Waals surface area contributed by atoms with Gasteiger partial charge in [-0.2, -0.15) is 14.9 Å². The van der Waals surface area contributed by atoms with E-state index in [0.717, 1.165) is 17.0 Å². The summed E-state index contributed by atoms with van der Waals surface area (Å²) in [6.45, 7) is 4.30. The summed E-state index contributed by atoms with van der Waals surface area (Å²) in [6.07, 6.45) is 2.80. The number of carbonyl (C=O) groups excluding carboxylic acids is 1. The van der Waals surface area contributed by atoms with Crippen LogP contribution in [0.2, 0.25) is 0 Å². The molecule has 170 valence electrons. The third-order valence-electron chi connectivity index (χ3n) is 4.94. The molecular formula is C20H21N9O4. The number of ether oxygens (including phenoxy) is 1. The molecule has 3 aromatic heterocycles. The highest BCUT2D eigenvalue weighted by Crippen LogP contribution is 2.22. The van der Waals surface area contributed by atoms with Crippen molar-refractivity contribution in [1.29, 1.82) is 0 Å². The summed E-state index contributed by atoms with van der Waals surface area (Å²) in [7, 11) is 1.62. The highest BCUT2D eigenvalue weighted by molar-refractivity contribution is 6.03. The van der Waals surface area contributed by atoms with Crippen LogP contribution in [0.15, 0.2) is 42.9 Å². The van der Waals surface area contributed by atoms with Crippen LogP contribution >= 0.6 is 0 Å². The zero-order chi connectivity index (χ0) is 23.5. The van der Waals surface area contributed by atoms with Crippen molar-refractivity contribution < 1.29 is 14.5 Å². The Bertz CT molecular complexity index is 1320. The molecule has 4 rings (SSSR count). The van der Waals surface area contributed by atoms with E-state index in [2.05, 4.69) is 25.6 Å². The summed E-state index contributed by atoms with van der Waals surface area (Å²) >= 11 is 0. The van der Waals surface area contributed by atoms with Crippen LogP contribution in [0.1, 0.15) is 27.4 Å². The second-order valence-electron chi connectivity index (χ2n) is 7.23. The van der Waals surface area contributed by atoms with Gasteiger partial charge in [-0.05, 0) is 42.5 Å². The van der Waals surface area contributed by atoms with Crippen molar-refractivity contribution in [2.75, 3.05) is 12.4 Å². The summed E-state index contributed by atoms with van der Waals surface area (Å²) in [5.41, 5.74) is 3.30. The smallest absolute Gasteiger partial charge is 0.491 e. The molecule has 0 spiro atoms. The molecule has 3 heterocycles. The number of hydrogen-bond donors (Lipinski definition) is 1. The number of aromatic nitrogens is 7. The quantitative estimate of drug-likeness (QED) is 0.316. The predicted octanol–water partition coefficient (Wildman–Crippen LogP) is 2.01. The van der Waals surface area contributed by atoms with Crippen LogP contribution in [0.5, 0.6) is 5.75 Å². The van der Waals surface area contributed by atoms with Crippen molar-refractivity contribution in [1.82, 2.24) is 34.3 Å². The first kappa shape index (κ1) is 21.7. The zero-order valence-electron chi connectivity index (χ0n) is 18.2. The van der Waals surface area contributed by atoms with Gasteiger partial charge in [0.2, 0.25) is 6.33 Å². The molecule has 0 aliphatic rings. The molecule has 0 saturated carbocycles.